The second-order valence-corrected chi connectivity index (χ2v) is 2.45. The number of hydrogen-bond acceptors (Lipinski definition) is 4. The molecule has 0 aromatic rings. The predicted molar refractivity (Wildman–Crippen MR) is 36.7 cm³/mol. The molecule has 1 aliphatic heterocycles. The summed E-state index contributed by atoms with van der Waals surface area (Å²) in [4.78, 5) is 10.7. The summed E-state index contributed by atoms with van der Waals surface area (Å²) in [6.45, 7) is 5.33. The van der Waals surface area contributed by atoms with Crippen molar-refractivity contribution in [3.63, 3.8) is 0 Å². The van der Waals surface area contributed by atoms with Crippen molar-refractivity contribution in [3.05, 3.63) is 12.2 Å². The molecular weight excluding hydrogens is 148 g/mol. The number of esters is 1. The SMILES string of the molecule is C=C(C)C(=O)OC(O)C1CO1. The highest BCUT2D eigenvalue weighted by Crippen LogP contribution is 2.15. The average molecular weight is 158 g/mol. The van der Waals surface area contributed by atoms with E-state index in [1.807, 2.05) is 0 Å². The Morgan fingerprint density at radius 1 is 1.91 bits per heavy atom. The van der Waals surface area contributed by atoms with E-state index in [2.05, 4.69) is 11.3 Å². The zero-order chi connectivity index (χ0) is 8.43. The topological polar surface area (TPSA) is 59.1 Å². The lowest BCUT2D eigenvalue weighted by Crippen LogP contribution is -2.23. The number of aliphatic hydroxyl groups is 1. The highest BCUT2D eigenvalue weighted by molar-refractivity contribution is 5.87. The van der Waals surface area contributed by atoms with Crippen LogP contribution in [-0.4, -0.2) is 30.1 Å². The van der Waals surface area contributed by atoms with Gasteiger partial charge in [0.1, 0.15) is 6.10 Å². The van der Waals surface area contributed by atoms with Crippen molar-refractivity contribution in [1.82, 2.24) is 0 Å². The molecule has 0 aromatic carbocycles. The Balaban J connectivity index is 2.28. The van der Waals surface area contributed by atoms with Gasteiger partial charge in [0, 0.05) is 5.57 Å². The highest BCUT2D eigenvalue weighted by Gasteiger charge is 2.34. The number of hydrogen-bond donors (Lipinski definition) is 1. The lowest BCUT2D eigenvalue weighted by atomic mass is 10.3. The van der Waals surface area contributed by atoms with Gasteiger partial charge in [0.15, 0.2) is 0 Å². The number of epoxide rings is 1. The quantitative estimate of drug-likeness (QED) is 0.268. The van der Waals surface area contributed by atoms with Crippen LogP contribution in [0.1, 0.15) is 6.92 Å². The van der Waals surface area contributed by atoms with Crippen LogP contribution in [0.3, 0.4) is 0 Å². The third-order valence-electron chi connectivity index (χ3n) is 1.25. The summed E-state index contributed by atoms with van der Waals surface area (Å²) in [5, 5.41) is 9.00. The molecule has 0 aliphatic carbocycles. The molecule has 1 heterocycles. The normalized spacial score (nSPS) is 24.0. The fourth-order valence-corrected chi connectivity index (χ4v) is 0.506. The van der Waals surface area contributed by atoms with Gasteiger partial charge in [-0.25, -0.2) is 4.79 Å². The molecule has 2 unspecified atom stereocenters. The molecule has 62 valence electrons. The molecule has 11 heavy (non-hydrogen) atoms. The smallest absolute Gasteiger partial charge is 0.335 e. The zero-order valence-electron chi connectivity index (χ0n) is 6.24. The molecule has 0 spiro atoms. The van der Waals surface area contributed by atoms with Crippen molar-refractivity contribution >= 4 is 5.97 Å². The molecule has 1 fully saturated rings. The molecule has 1 saturated heterocycles. The first kappa shape index (κ1) is 8.23. The Labute approximate surface area is 64.4 Å². The van der Waals surface area contributed by atoms with E-state index in [-0.39, 0.29) is 11.7 Å². The van der Waals surface area contributed by atoms with Crippen molar-refractivity contribution in [2.24, 2.45) is 0 Å². The summed E-state index contributed by atoms with van der Waals surface area (Å²) in [6, 6.07) is 0. The highest BCUT2D eigenvalue weighted by atomic mass is 16.7. The van der Waals surface area contributed by atoms with Gasteiger partial charge in [-0.15, -0.1) is 0 Å². The van der Waals surface area contributed by atoms with Gasteiger partial charge in [0.25, 0.3) is 0 Å². The molecule has 0 amide bonds. The van der Waals surface area contributed by atoms with Crippen molar-refractivity contribution in [2.45, 2.75) is 19.3 Å². The zero-order valence-corrected chi connectivity index (χ0v) is 6.24. The van der Waals surface area contributed by atoms with Gasteiger partial charge in [0.2, 0.25) is 6.29 Å². The van der Waals surface area contributed by atoms with Gasteiger partial charge in [-0.2, -0.15) is 0 Å². The molecule has 0 bridgehead atoms. The van der Waals surface area contributed by atoms with Gasteiger partial charge >= 0.3 is 5.97 Å². The minimum absolute atomic E-state index is 0.268. The summed E-state index contributed by atoms with van der Waals surface area (Å²) in [6.07, 6.45) is -1.47. The van der Waals surface area contributed by atoms with Gasteiger partial charge in [-0.3, -0.25) is 0 Å². The van der Waals surface area contributed by atoms with Gasteiger partial charge < -0.3 is 14.6 Å². The largest absolute Gasteiger partial charge is 0.430 e. The molecule has 0 aromatic heterocycles. The van der Waals surface area contributed by atoms with Crippen molar-refractivity contribution < 1.29 is 19.4 Å². The fourth-order valence-electron chi connectivity index (χ4n) is 0.506. The van der Waals surface area contributed by atoms with E-state index in [0.717, 1.165) is 0 Å². The first-order chi connectivity index (χ1) is 5.11. The molecule has 0 radical (unpaired) electrons. The monoisotopic (exact) mass is 158 g/mol. The Morgan fingerprint density at radius 2 is 2.45 bits per heavy atom. The van der Waals surface area contributed by atoms with E-state index in [0.29, 0.717) is 6.61 Å². The second kappa shape index (κ2) is 3.02. The van der Waals surface area contributed by atoms with Crippen LogP contribution >= 0.6 is 0 Å². The second-order valence-electron chi connectivity index (χ2n) is 2.45. The lowest BCUT2D eigenvalue weighted by Gasteiger charge is -2.08. The fraction of sp³-hybridized carbons (Fsp3) is 0.571. The van der Waals surface area contributed by atoms with E-state index in [1.165, 1.54) is 6.92 Å². The third kappa shape index (κ3) is 2.32. The standard InChI is InChI=1S/C7H10O4/c1-4(2)6(8)11-7(9)5-3-10-5/h5,7,9H,1,3H2,2H3. The third-order valence-corrected chi connectivity index (χ3v) is 1.25. The van der Waals surface area contributed by atoms with E-state index in [9.17, 15) is 4.79 Å². The minimum Gasteiger partial charge on any atom is -0.430 e. The summed E-state index contributed by atoms with van der Waals surface area (Å²) in [5.41, 5.74) is 0.268. The Hall–Kier alpha value is -0.870. The van der Waals surface area contributed by atoms with Crippen LogP contribution in [0.5, 0.6) is 0 Å². The first-order valence-corrected chi connectivity index (χ1v) is 3.27. The number of carbonyl (C=O) groups excluding carboxylic acids is 1. The van der Waals surface area contributed by atoms with Crippen LogP contribution in [0.2, 0.25) is 0 Å². The molecule has 4 nitrogen and oxygen atoms in total. The molecular formula is C7H10O4. The Morgan fingerprint density at radius 3 is 2.82 bits per heavy atom. The van der Waals surface area contributed by atoms with Crippen molar-refractivity contribution in [2.75, 3.05) is 6.61 Å². The maximum atomic E-state index is 10.7. The minimum atomic E-state index is -1.14. The average Bonchev–Trinajstić information content (AvgIpc) is 2.67. The molecule has 1 aliphatic rings. The predicted octanol–water partition coefficient (Wildman–Crippen LogP) is -0.177. The van der Waals surface area contributed by atoms with Crippen LogP contribution in [0.4, 0.5) is 0 Å². The Kier molecular flexibility index (Phi) is 2.26. The maximum absolute atomic E-state index is 10.7. The number of ether oxygens (including phenoxy) is 2. The molecule has 0 saturated carbocycles. The summed E-state index contributed by atoms with van der Waals surface area (Å²) in [5.74, 6) is -0.590. The van der Waals surface area contributed by atoms with E-state index in [4.69, 9.17) is 9.84 Å². The number of rotatable bonds is 3. The van der Waals surface area contributed by atoms with Crippen LogP contribution in [0.25, 0.3) is 0 Å². The van der Waals surface area contributed by atoms with Gasteiger partial charge in [-0.1, -0.05) is 6.58 Å². The summed E-state index contributed by atoms with van der Waals surface area (Å²) in [7, 11) is 0. The van der Waals surface area contributed by atoms with Crippen LogP contribution < -0.4 is 0 Å². The van der Waals surface area contributed by atoms with Crippen molar-refractivity contribution in [1.29, 1.82) is 0 Å². The lowest BCUT2D eigenvalue weighted by molar-refractivity contribution is -0.165. The number of carbonyl (C=O) groups is 1. The maximum Gasteiger partial charge on any atom is 0.335 e. The molecule has 2 atom stereocenters. The van der Waals surface area contributed by atoms with Crippen LogP contribution in [0, 0.1) is 0 Å². The van der Waals surface area contributed by atoms with Crippen LogP contribution in [-0.2, 0) is 14.3 Å². The van der Waals surface area contributed by atoms with E-state index < -0.39 is 12.3 Å². The molecule has 1 N–H and O–H groups in total. The Bertz CT molecular complexity index is 183. The summed E-state index contributed by atoms with van der Waals surface area (Å²) >= 11 is 0. The molecule has 1 rings (SSSR count). The molecule has 4 heteroatoms. The van der Waals surface area contributed by atoms with E-state index in [1.54, 1.807) is 0 Å². The van der Waals surface area contributed by atoms with Gasteiger partial charge in [0.05, 0.1) is 6.61 Å². The van der Waals surface area contributed by atoms with Gasteiger partial charge in [-0.05, 0) is 6.92 Å². The van der Waals surface area contributed by atoms with Crippen molar-refractivity contribution in [3.8, 4) is 0 Å². The first-order valence-electron chi connectivity index (χ1n) is 3.27. The number of aliphatic hydroxyl groups excluding tert-OH is 1. The summed E-state index contributed by atoms with van der Waals surface area (Å²) < 4.78 is 9.22. The van der Waals surface area contributed by atoms with E-state index >= 15 is 0 Å². The van der Waals surface area contributed by atoms with Crippen LogP contribution in [0.15, 0.2) is 12.2 Å².